The number of hydrogen-bond donors (Lipinski definition) is 1. The second-order valence-electron chi connectivity index (χ2n) is 3.92. The zero-order valence-electron chi connectivity index (χ0n) is 9.47. The zero-order valence-corrected chi connectivity index (χ0v) is 9.47. The maximum absolute atomic E-state index is 10.7. The van der Waals surface area contributed by atoms with Crippen molar-refractivity contribution in [3.05, 3.63) is 59.7 Å². The lowest BCUT2D eigenvalue weighted by atomic mass is 10.0. The highest BCUT2D eigenvalue weighted by molar-refractivity contribution is 5.78. The predicted octanol–water partition coefficient (Wildman–Crippen LogP) is 2.70. The average molecular weight is 226 g/mol. The molecule has 2 heteroatoms. The third-order valence-corrected chi connectivity index (χ3v) is 2.68. The number of rotatable bonds is 4. The van der Waals surface area contributed by atoms with E-state index in [1.54, 1.807) is 6.07 Å². The lowest BCUT2D eigenvalue weighted by Gasteiger charge is -2.05. The number of carbonyl (C=O) groups is 1. The second kappa shape index (κ2) is 5.41. The Kier molecular flexibility index (Phi) is 3.68. The van der Waals surface area contributed by atoms with Crippen molar-refractivity contribution in [1.29, 1.82) is 0 Å². The lowest BCUT2D eigenvalue weighted by molar-refractivity contribution is 0.112. The molecular weight excluding hydrogens is 212 g/mol. The van der Waals surface area contributed by atoms with Gasteiger partial charge in [0.05, 0.1) is 0 Å². The molecule has 0 spiro atoms. The molecule has 2 aromatic carbocycles. The van der Waals surface area contributed by atoms with Crippen LogP contribution < -0.4 is 0 Å². The van der Waals surface area contributed by atoms with Gasteiger partial charge in [-0.05, 0) is 29.2 Å². The summed E-state index contributed by atoms with van der Waals surface area (Å²) in [6.07, 6.45) is 1.50. The Morgan fingerprint density at radius 2 is 1.71 bits per heavy atom. The molecule has 86 valence electrons. The molecule has 0 aliphatic carbocycles. The molecule has 17 heavy (non-hydrogen) atoms. The van der Waals surface area contributed by atoms with E-state index in [9.17, 15) is 4.79 Å². The normalized spacial score (nSPS) is 10.2. The molecule has 0 saturated carbocycles. The summed E-state index contributed by atoms with van der Waals surface area (Å²) in [7, 11) is 0. The van der Waals surface area contributed by atoms with E-state index >= 15 is 0 Å². The van der Waals surface area contributed by atoms with Crippen molar-refractivity contribution in [1.82, 2.24) is 0 Å². The molecule has 0 unspecified atom stereocenters. The minimum Gasteiger partial charge on any atom is -0.396 e. The summed E-state index contributed by atoms with van der Waals surface area (Å²) in [5.41, 5.74) is 3.87. The quantitative estimate of drug-likeness (QED) is 0.814. The van der Waals surface area contributed by atoms with Gasteiger partial charge in [-0.15, -0.1) is 0 Å². The summed E-state index contributed by atoms with van der Waals surface area (Å²) in [6, 6.07) is 15.5. The van der Waals surface area contributed by atoms with Gasteiger partial charge in [-0.1, -0.05) is 42.5 Å². The molecule has 0 aromatic heterocycles. The Labute approximate surface area is 101 Å². The van der Waals surface area contributed by atoms with Gasteiger partial charge in [0.25, 0.3) is 0 Å². The molecule has 2 nitrogen and oxygen atoms in total. The fraction of sp³-hybridized carbons (Fsp3) is 0.133. The van der Waals surface area contributed by atoms with Gasteiger partial charge in [-0.2, -0.15) is 0 Å². The van der Waals surface area contributed by atoms with Gasteiger partial charge < -0.3 is 5.11 Å². The average Bonchev–Trinajstić information content (AvgIpc) is 2.40. The van der Waals surface area contributed by atoms with Gasteiger partial charge in [-0.25, -0.2) is 0 Å². The van der Waals surface area contributed by atoms with Crippen LogP contribution in [0.3, 0.4) is 0 Å². The molecule has 0 heterocycles. The molecule has 0 atom stereocenters. The number of hydrogen-bond acceptors (Lipinski definition) is 2. The molecule has 0 radical (unpaired) electrons. The van der Waals surface area contributed by atoms with E-state index in [1.807, 2.05) is 42.5 Å². The molecule has 2 aromatic rings. The lowest BCUT2D eigenvalue weighted by Crippen LogP contribution is -1.91. The maximum Gasteiger partial charge on any atom is 0.150 e. The SMILES string of the molecule is O=Cc1cccc(-c2cccc(CCO)c2)c1. The van der Waals surface area contributed by atoms with Gasteiger partial charge in [-0.3, -0.25) is 4.79 Å². The van der Waals surface area contributed by atoms with Crippen molar-refractivity contribution in [2.45, 2.75) is 6.42 Å². The Morgan fingerprint density at radius 3 is 2.41 bits per heavy atom. The minimum absolute atomic E-state index is 0.151. The molecule has 0 fully saturated rings. The van der Waals surface area contributed by atoms with Crippen LogP contribution in [0.2, 0.25) is 0 Å². The van der Waals surface area contributed by atoms with Crippen LogP contribution in [0.15, 0.2) is 48.5 Å². The van der Waals surface area contributed by atoms with Gasteiger partial charge in [0.2, 0.25) is 0 Å². The third-order valence-electron chi connectivity index (χ3n) is 2.68. The van der Waals surface area contributed by atoms with E-state index in [1.165, 1.54) is 0 Å². The summed E-state index contributed by atoms with van der Waals surface area (Å²) >= 11 is 0. The Balaban J connectivity index is 2.37. The van der Waals surface area contributed by atoms with E-state index in [-0.39, 0.29) is 6.61 Å². The Hall–Kier alpha value is -1.93. The molecule has 2 rings (SSSR count). The summed E-state index contributed by atoms with van der Waals surface area (Å²) in [4.78, 5) is 10.7. The molecule has 0 saturated heterocycles. The van der Waals surface area contributed by atoms with Crippen LogP contribution in [0, 0.1) is 0 Å². The summed E-state index contributed by atoms with van der Waals surface area (Å²) in [6.45, 7) is 0.151. The van der Waals surface area contributed by atoms with E-state index in [0.717, 1.165) is 23.0 Å². The van der Waals surface area contributed by atoms with Crippen molar-refractivity contribution in [2.24, 2.45) is 0 Å². The summed E-state index contributed by atoms with van der Waals surface area (Å²) in [5, 5.41) is 8.92. The third kappa shape index (κ3) is 2.80. The number of aldehydes is 1. The van der Waals surface area contributed by atoms with Crippen LogP contribution in [0.1, 0.15) is 15.9 Å². The van der Waals surface area contributed by atoms with E-state index in [0.29, 0.717) is 12.0 Å². The van der Waals surface area contributed by atoms with Gasteiger partial charge in [0, 0.05) is 12.2 Å². The Bertz CT molecular complexity index is 518. The van der Waals surface area contributed by atoms with Crippen LogP contribution in [-0.2, 0) is 6.42 Å². The highest BCUT2D eigenvalue weighted by atomic mass is 16.2. The highest BCUT2D eigenvalue weighted by Crippen LogP contribution is 2.21. The van der Waals surface area contributed by atoms with Gasteiger partial charge in [0.1, 0.15) is 6.29 Å². The first-order valence-electron chi connectivity index (χ1n) is 5.59. The van der Waals surface area contributed by atoms with Crippen LogP contribution in [0.25, 0.3) is 11.1 Å². The maximum atomic E-state index is 10.7. The van der Waals surface area contributed by atoms with Gasteiger partial charge >= 0.3 is 0 Å². The monoisotopic (exact) mass is 226 g/mol. The molecule has 0 amide bonds. The molecule has 0 aliphatic rings. The smallest absolute Gasteiger partial charge is 0.150 e. The highest BCUT2D eigenvalue weighted by Gasteiger charge is 2.00. The first-order valence-corrected chi connectivity index (χ1v) is 5.59. The van der Waals surface area contributed by atoms with E-state index in [4.69, 9.17) is 5.11 Å². The largest absolute Gasteiger partial charge is 0.396 e. The standard InChI is InChI=1S/C15H14O2/c16-8-7-12-3-1-5-14(9-12)15-6-2-4-13(10-15)11-17/h1-6,9-11,16H,7-8H2. The first-order chi connectivity index (χ1) is 8.33. The van der Waals surface area contributed by atoms with Crippen LogP contribution in [0.5, 0.6) is 0 Å². The minimum atomic E-state index is 0.151. The van der Waals surface area contributed by atoms with Crippen LogP contribution in [-0.4, -0.2) is 18.0 Å². The molecule has 1 N–H and O–H groups in total. The molecule has 0 aliphatic heterocycles. The topological polar surface area (TPSA) is 37.3 Å². The van der Waals surface area contributed by atoms with Crippen LogP contribution in [0.4, 0.5) is 0 Å². The number of benzene rings is 2. The number of carbonyl (C=O) groups excluding carboxylic acids is 1. The predicted molar refractivity (Wildman–Crippen MR) is 68.1 cm³/mol. The van der Waals surface area contributed by atoms with Crippen molar-refractivity contribution in [3.8, 4) is 11.1 Å². The second-order valence-corrected chi connectivity index (χ2v) is 3.92. The van der Waals surface area contributed by atoms with Crippen molar-refractivity contribution < 1.29 is 9.90 Å². The van der Waals surface area contributed by atoms with E-state index in [2.05, 4.69) is 0 Å². The molecule has 0 bridgehead atoms. The fourth-order valence-electron chi connectivity index (χ4n) is 1.83. The number of aliphatic hydroxyl groups is 1. The molecular formula is C15H14O2. The summed E-state index contributed by atoms with van der Waals surface area (Å²) < 4.78 is 0. The number of aliphatic hydroxyl groups excluding tert-OH is 1. The zero-order chi connectivity index (χ0) is 12.1. The van der Waals surface area contributed by atoms with E-state index < -0.39 is 0 Å². The van der Waals surface area contributed by atoms with Crippen molar-refractivity contribution >= 4 is 6.29 Å². The van der Waals surface area contributed by atoms with Crippen LogP contribution >= 0.6 is 0 Å². The van der Waals surface area contributed by atoms with Crippen molar-refractivity contribution in [2.75, 3.05) is 6.61 Å². The van der Waals surface area contributed by atoms with Crippen molar-refractivity contribution in [3.63, 3.8) is 0 Å². The Morgan fingerprint density at radius 1 is 1.00 bits per heavy atom. The fourth-order valence-corrected chi connectivity index (χ4v) is 1.83. The van der Waals surface area contributed by atoms with Gasteiger partial charge in [0.15, 0.2) is 0 Å². The first kappa shape index (κ1) is 11.6. The summed E-state index contributed by atoms with van der Waals surface area (Å²) in [5.74, 6) is 0.